The third kappa shape index (κ3) is 5.28. The van der Waals surface area contributed by atoms with Crippen LogP contribution in [-0.2, 0) is 30.7 Å². The normalized spacial score (nSPS) is 15.5. The van der Waals surface area contributed by atoms with Gasteiger partial charge in [0.1, 0.15) is 17.6 Å². The number of benzene rings is 3. The number of aromatic nitrogens is 1. The van der Waals surface area contributed by atoms with Crippen LogP contribution in [0, 0.1) is 6.92 Å². The summed E-state index contributed by atoms with van der Waals surface area (Å²) in [6.07, 6.45) is 1.08. The molecule has 0 aliphatic carbocycles. The number of ether oxygens (including phenoxy) is 1. The molecule has 6 nitrogen and oxygen atoms in total. The minimum absolute atomic E-state index is 0.456. The molecule has 0 spiro atoms. The molecule has 1 aromatic heterocycles. The maximum Gasteiger partial charge on any atom is 0.321 e. The summed E-state index contributed by atoms with van der Waals surface area (Å²) in [7, 11) is 0. The number of fused-ring (bicyclic) bond motifs is 1. The highest BCUT2D eigenvalue weighted by atomic mass is 16.5. The van der Waals surface area contributed by atoms with Gasteiger partial charge < -0.3 is 14.3 Å². The standard InChI is InChI=1S/C29H28N2O4/c1-20-26(30-28(35-20)22-10-6-3-7-11-22)14-15-34-25-13-12-23-19-31(18-21-8-4-2-5-9-21)27(29(32)33)17-24(23)16-25/h2-13,16,27H,14-15,17-19H2,1H3,(H,32,33)/t27-/m1/s1. The summed E-state index contributed by atoms with van der Waals surface area (Å²) in [5, 5.41) is 9.87. The van der Waals surface area contributed by atoms with Gasteiger partial charge in [0.05, 0.1) is 12.3 Å². The summed E-state index contributed by atoms with van der Waals surface area (Å²) >= 11 is 0. The number of hydrogen-bond donors (Lipinski definition) is 1. The lowest BCUT2D eigenvalue weighted by molar-refractivity contribution is -0.144. The largest absolute Gasteiger partial charge is 0.493 e. The Hall–Kier alpha value is -3.90. The van der Waals surface area contributed by atoms with Gasteiger partial charge in [0.15, 0.2) is 0 Å². The molecule has 1 aliphatic rings. The van der Waals surface area contributed by atoms with Crippen molar-refractivity contribution in [2.45, 2.75) is 38.9 Å². The van der Waals surface area contributed by atoms with Crippen molar-refractivity contribution in [2.75, 3.05) is 6.61 Å². The summed E-state index contributed by atoms with van der Waals surface area (Å²) in [5.41, 5.74) is 5.12. The van der Waals surface area contributed by atoms with Crippen LogP contribution in [0.15, 0.2) is 83.3 Å². The molecule has 0 bridgehead atoms. The highest BCUT2D eigenvalue weighted by Crippen LogP contribution is 2.29. The highest BCUT2D eigenvalue weighted by Gasteiger charge is 2.31. The van der Waals surface area contributed by atoms with E-state index in [-0.39, 0.29) is 0 Å². The zero-order valence-electron chi connectivity index (χ0n) is 19.7. The number of carboxylic acid groups (broad SMARTS) is 1. The van der Waals surface area contributed by atoms with Crippen LogP contribution in [0.5, 0.6) is 5.75 Å². The number of carboxylic acids is 1. The number of oxazole rings is 1. The first kappa shape index (κ1) is 22.9. The van der Waals surface area contributed by atoms with E-state index in [9.17, 15) is 9.90 Å². The fraction of sp³-hybridized carbons (Fsp3) is 0.241. The van der Waals surface area contributed by atoms with E-state index in [1.165, 1.54) is 0 Å². The molecule has 6 heteroatoms. The molecule has 1 atom stereocenters. The quantitative estimate of drug-likeness (QED) is 0.379. The average Bonchev–Trinajstić information content (AvgIpc) is 3.25. The van der Waals surface area contributed by atoms with E-state index < -0.39 is 12.0 Å². The van der Waals surface area contributed by atoms with E-state index in [0.29, 0.717) is 38.4 Å². The molecule has 0 saturated carbocycles. The molecular weight excluding hydrogens is 440 g/mol. The lowest BCUT2D eigenvalue weighted by Crippen LogP contribution is -2.45. The second kappa shape index (κ2) is 10.2. The van der Waals surface area contributed by atoms with Crippen molar-refractivity contribution in [1.82, 2.24) is 9.88 Å². The zero-order chi connectivity index (χ0) is 24.2. The third-order valence-electron chi connectivity index (χ3n) is 6.44. The van der Waals surface area contributed by atoms with Crippen molar-refractivity contribution in [3.05, 3.63) is 107 Å². The van der Waals surface area contributed by atoms with Gasteiger partial charge in [-0.15, -0.1) is 0 Å². The van der Waals surface area contributed by atoms with Gasteiger partial charge in [-0.1, -0.05) is 54.6 Å². The predicted octanol–water partition coefficient (Wildman–Crippen LogP) is 5.28. The molecule has 5 rings (SSSR count). The van der Waals surface area contributed by atoms with Gasteiger partial charge in [0.2, 0.25) is 5.89 Å². The number of nitrogens with zero attached hydrogens (tertiary/aromatic N) is 2. The summed E-state index contributed by atoms with van der Waals surface area (Å²) < 4.78 is 11.9. The fourth-order valence-corrected chi connectivity index (χ4v) is 4.56. The topological polar surface area (TPSA) is 75.8 Å². The first-order valence-corrected chi connectivity index (χ1v) is 11.8. The van der Waals surface area contributed by atoms with Gasteiger partial charge in [-0.2, -0.15) is 0 Å². The molecule has 0 saturated heterocycles. The maximum absolute atomic E-state index is 12.0. The van der Waals surface area contributed by atoms with Crippen LogP contribution in [0.25, 0.3) is 11.5 Å². The maximum atomic E-state index is 12.0. The minimum atomic E-state index is -0.798. The first-order valence-electron chi connectivity index (χ1n) is 11.8. The van der Waals surface area contributed by atoms with Gasteiger partial charge in [0.25, 0.3) is 0 Å². The van der Waals surface area contributed by atoms with E-state index in [2.05, 4.69) is 11.1 Å². The summed E-state index contributed by atoms with van der Waals surface area (Å²) in [6.45, 7) is 3.59. The van der Waals surface area contributed by atoms with Crippen molar-refractivity contribution < 1.29 is 19.1 Å². The van der Waals surface area contributed by atoms with Crippen LogP contribution in [0.3, 0.4) is 0 Å². The van der Waals surface area contributed by atoms with Crippen LogP contribution in [0.1, 0.15) is 28.1 Å². The van der Waals surface area contributed by atoms with E-state index in [1.54, 1.807) is 0 Å². The lowest BCUT2D eigenvalue weighted by atomic mass is 9.93. The van der Waals surface area contributed by atoms with Gasteiger partial charge in [-0.05, 0) is 54.3 Å². The second-order valence-corrected chi connectivity index (χ2v) is 8.87. The van der Waals surface area contributed by atoms with Crippen molar-refractivity contribution in [2.24, 2.45) is 0 Å². The SMILES string of the molecule is Cc1oc(-c2ccccc2)nc1CCOc1ccc2c(c1)C[C@H](C(=O)O)N(Cc1ccccc1)C2. The third-order valence-corrected chi connectivity index (χ3v) is 6.44. The summed E-state index contributed by atoms with van der Waals surface area (Å²) in [4.78, 5) is 18.7. The van der Waals surface area contributed by atoms with Crippen molar-refractivity contribution in [1.29, 1.82) is 0 Å². The van der Waals surface area contributed by atoms with E-state index in [1.807, 2.05) is 84.6 Å². The van der Waals surface area contributed by atoms with Crippen LogP contribution in [0.4, 0.5) is 0 Å². The molecule has 0 radical (unpaired) electrons. The van der Waals surface area contributed by atoms with E-state index >= 15 is 0 Å². The van der Waals surface area contributed by atoms with Crippen LogP contribution in [0.2, 0.25) is 0 Å². The fourth-order valence-electron chi connectivity index (χ4n) is 4.56. The van der Waals surface area contributed by atoms with Crippen molar-refractivity contribution >= 4 is 5.97 Å². The highest BCUT2D eigenvalue weighted by molar-refractivity contribution is 5.74. The van der Waals surface area contributed by atoms with E-state index in [4.69, 9.17) is 9.15 Å². The van der Waals surface area contributed by atoms with Crippen molar-refractivity contribution in [3.63, 3.8) is 0 Å². The Morgan fingerprint density at radius 1 is 1.06 bits per heavy atom. The van der Waals surface area contributed by atoms with Gasteiger partial charge in [-0.3, -0.25) is 9.69 Å². The smallest absolute Gasteiger partial charge is 0.321 e. The van der Waals surface area contributed by atoms with Gasteiger partial charge >= 0.3 is 5.97 Å². The Morgan fingerprint density at radius 2 is 1.80 bits per heavy atom. The first-order chi connectivity index (χ1) is 17.1. The molecule has 1 N–H and O–H groups in total. The van der Waals surface area contributed by atoms with Crippen LogP contribution < -0.4 is 4.74 Å². The Kier molecular flexibility index (Phi) is 6.64. The lowest BCUT2D eigenvalue weighted by Gasteiger charge is -2.34. The predicted molar refractivity (Wildman–Crippen MR) is 133 cm³/mol. The molecule has 3 aromatic carbocycles. The number of rotatable bonds is 8. The second-order valence-electron chi connectivity index (χ2n) is 8.87. The summed E-state index contributed by atoms with van der Waals surface area (Å²) in [5.74, 6) is 1.36. The number of aliphatic carboxylic acids is 1. The number of aryl methyl sites for hydroxylation is 1. The molecule has 178 valence electrons. The molecule has 0 unspecified atom stereocenters. The Morgan fingerprint density at radius 3 is 2.54 bits per heavy atom. The Balaban J connectivity index is 1.24. The molecule has 35 heavy (non-hydrogen) atoms. The monoisotopic (exact) mass is 468 g/mol. The average molecular weight is 469 g/mol. The molecular formula is C29H28N2O4. The van der Waals surface area contributed by atoms with Crippen LogP contribution >= 0.6 is 0 Å². The molecule has 0 amide bonds. The summed E-state index contributed by atoms with van der Waals surface area (Å²) in [6, 6.07) is 25.3. The Bertz CT molecular complexity index is 1300. The number of carbonyl (C=O) groups is 1. The Labute approximate surface area is 204 Å². The molecule has 2 heterocycles. The van der Waals surface area contributed by atoms with Gasteiger partial charge in [-0.25, -0.2) is 4.98 Å². The number of hydrogen-bond acceptors (Lipinski definition) is 5. The molecule has 1 aliphatic heterocycles. The van der Waals surface area contributed by atoms with Crippen LogP contribution in [-0.4, -0.2) is 33.6 Å². The van der Waals surface area contributed by atoms with E-state index in [0.717, 1.165) is 39.5 Å². The van der Waals surface area contributed by atoms with Gasteiger partial charge in [0, 0.05) is 25.1 Å². The van der Waals surface area contributed by atoms with Crippen molar-refractivity contribution in [3.8, 4) is 17.2 Å². The zero-order valence-corrected chi connectivity index (χ0v) is 19.7. The molecule has 4 aromatic rings. The minimum Gasteiger partial charge on any atom is -0.493 e. The molecule has 0 fully saturated rings.